The molecule has 1 atom stereocenters. The van der Waals surface area contributed by atoms with Crippen molar-refractivity contribution in [3.05, 3.63) is 29.8 Å². The lowest BCUT2D eigenvalue weighted by molar-refractivity contribution is 0.220. The largest absolute Gasteiger partial charge is 0.493 e. The normalized spacial score (nSPS) is 26.3. The van der Waals surface area contributed by atoms with Gasteiger partial charge in [0.25, 0.3) is 0 Å². The van der Waals surface area contributed by atoms with E-state index in [4.69, 9.17) is 4.74 Å². The second-order valence-electron chi connectivity index (χ2n) is 4.01. The highest BCUT2D eigenvalue weighted by molar-refractivity contribution is 5.40. The minimum atomic E-state index is 0.328. The quantitative estimate of drug-likeness (QED) is 0.638. The number of rotatable bonds is 1. The second kappa shape index (κ2) is 3.06. The van der Waals surface area contributed by atoms with E-state index in [0.717, 1.165) is 18.8 Å². The predicted molar refractivity (Wildman–Crippen MR) is 54.2 cm³/mol. The van der Waals surface area contributed by atoms with Gasteiger partial charge in [-0.1, -0.05) is 32.0 Å². The van der Waals surface area contributed by atoms with E-state index in [1.54, 1.807) is 0 Å². The van der Waals surface area contributed by atoms with Crippen molar-refractivity contribution in [1.82, 2.24) is 0 Å². The van der Waals surface area contributed by atoms with Crippen LogP contribution in [-0.4, -0.2) is 6.61 Å². The lowest BCUT2D eigenvalue weighted by Gasteiger charge is -2.34. The van der Waals surface area contributed by atoms with Crippen molar-refractivity contribution in [1.29, 1.82) is 0 Å². The Labute approximate surface area is 79.7 Å². The average molecular weight is 176 g/mol. The molecule has 0 amide bonds. The Balaban J connectivity index is 2.48. The van der Waals surface area contributed by atoms with Crippen LogP contribution in [0.3, 0.4) is 0 Å². The number of hydrogen-bond acceptors (Lipinski definition) is 1. The fraction of sp³-hybridized carbons (Fsp3) is 0.500. The smallest absolute Gasteiger partial charge is 0.123 e. The van der Waals surface area contributed by atoms with Crippen LogP contribution in [0, 0.1) is 0 Å². The van der Waals surface area contributed by atoms with Gasteiger partial charge in [-0.2, -0.15) is 0 Å². The summed E-state index contributed by atoms with van der Waals surface area (Å²) in [6.45, 7) is 5.44. The summed E-state index contributed by atoms with van der Waals surface area (Å²) < 4.78 is 5.62. The highest BCUT2D eigenvalue weighted by Gasteiger charge is 2.30. The van der Waals surface area contributed by atoms with Gasteiger partial charge in [-0.05, 0) is 24.3 Å². The standard InChI is InChI=1S/C12H16O/c1-3-12(2)8-9-13-11-7-5-4-6-10(11)12/h4-7H,3,8-9H2,1-2H3. The molecule has 0 N–H and O–H groups in total. The zero-order chi connectivity index (χ0) is 9.31. The molecule has 0 saturated carbocycles. The molecule has 1 aromatic carbocycles. The highest BCUT2D eigenvalue weighted by Crippen LogP contribution is 2.40. The molecule has 13 heavy (non-hydrogen) atoms. The van der Waals surface area contributed by atoms with Crippen LogP contribution in [0.4, 0.5) is 0 Å². The average Bonchev–Trinajstić information content (AvgIpc) is 2.19. The Morgan fingerprint density at radius 3 is 2.92 bits per heavy atom. The van der Waals surface area contributed by atoms with Gasteiger partial charge in [-0.3, -0.25) is 0 Å². The molecule has 0 fully saturated rings. The molecule has 1 nitrogen and oxygen atoms in total. The fourth-order valence-electron chi connectivity index (χ4n) is 1.98. The molecular weight excluding hydrogens is 160 g/mol. The molecule has 0 aliphatic carbocycles. The van der Waals surface area contributed by atoms with E-state index < -0.39 is 0 Å². The minimum absolute atomic E-state index is 0.328. The van der Waals surface area contributed by atoms with Gasteiger partial charge in [0, 0.05) is 5.56 Å². The van der Waals surface area contributed by atoms with Crippen molar-refractivity contribution in [2.24, 2.45) is 0 Å². The van der Waals surface area contributed by atoms with Crippen LogP contribution in [0.25, 0.3) is 0 Å². The fourth-order valence-corrected chi connectivity index (χ4v) is 1.98. The number of fused-ring (bicyclic) bond motifs is 1. The molecule has 1 heteroatoms. The molecule has 0 spiro atoms. The first kappa shape index (κ1) is 8.61. The third kappa shape index (κ3) is 1.32. The van der Waals surface area contributed by atoms with Gasteiger partial charge in [-0.25, -0.2) is 0 Å². The first-order valence-corrected chi connectivity index (χ1v) is 4.98. The maximum atomic E-state index is 5.62. The summed E-state index contributed by atoms with van der Waals surface area (Å²) >= 11 is 0. The van der Waals surface area contributed by atoms with E-state index in [-0.39, 0.29) is 0 Å². The van der Waals surface area contributed by atoms with Crippen molar-refractivity contribution in [3.63, 3.8) is 0 Å². The molecule has 1 heterocycles. The third-order valence-electron chi connectivity index (χ3n) is 3.23. The molecule has 0 radical (unpaired) electrons. The van der Waals surface area contributed by atoms with Crippen molar-refractivity contribution >= 4 is 0 Å². The summed E-state index contributed by atoms with van der Waals surface area (Å²) in [5, 5.41) is 0. The molecule has 1 unspecified atom stereocenters. The van der Waals surface area contributed by atoms with E-state index >= 15 is 0 Å². The molecule has 1 aliphatic rings. The molecule has 1 aliphatic heterocycles. The minimum Gasteiger partial charge on any atom is -0.493 e. The SMILES string of the molecule is CCC1(C)CCOc2ccccc21. The van der Waals surface area contributed by atoms with E-state index in [1.165, 1.54) is 12.0 Å². The van der Waals surface area contributed by atoms with Crippen LogP contribution in [-0.2, 0) is 5.41 Å². The Morgan fingerprint density at radius 1 is 1.38 bits per heavy atom. The number of hydrogen-bond donors (Lipinski definition) is 0. The van der Waals surface area contributed by atoms with Crippen molar-refractivity contribution < 1.29 is 4.74 Å². The van der Waals surface area contributed by atoms with Crippen molar-refractivity contribution in [2.45, 2.75) is 32.1 Å². The van der Waals surface area contributed by atoms with Gasteiger partial charge in [0.15, 0.2) is 0 Å². The lowest BCUT2D eigenvalue weighted by atomic mass is 9.76. The summed E-state index contributed by atoms with van der Waals surface area (Å²) in [6, 6.07) is 8.40. The van der Waals surface area contributed by atoms with E-state index in [2.05, 4.69) is 32.0 Å². The van der Waals surface area contributed by atoms with Crippen molar-refractivity contribution in [3.8, 4) is 5.75 Å². The number of ether oxygens (including phenoxy) is 1. The first-order chi connectivity index (χ1) is 6.26. The summed E-state index contributed by atoms with van der Waals surface area (Å²) in [7, 11) is 0. The van der Waals surface area contributed by atoms with Crippen LogP contribution in [0.2, 0.25) is 0 Å². The highest BCUT2D eigenvalue weighted by atomic mass is 16.5. The molecule has 0 bridgehead atoms. The van der Waals surface area contributed by atoms with Crippen LogP contribution in [0.15, 0.2) is 24.3 Å². The maximum Gasteiger partial charge on any atom is 0.123 e. The zero-order valence-electron chi connectivity index (χ0n) is 8.34. The molecule has 0 saturated heterocycles. The van der Waals surface area contributed by atoms with Gasteiger partial charge in [-0.15, -0.1) is 0 Å². The second-order valence-corrected chi connectivity index (χ2v) is 4.01. The summed E-state index contributed by atoms with van der Waals surface area (Å²) in [5.41, 5.74) is 1.71. The topological polar surface area (TPSA) is 9.23 Å². The Hall–Kier alpha value is -0.980. The van der Waals surface area contributed by atoms with Gasteiger partial charge in [0.05, 0.1) is 6.61 Å². The summed E-state index contributed by atoms with van der Waals surface area (Å²) in [5.74, 6) is 1.08. The monoisotopic (exact) mass is 176 g/mol. The number of para-hydroxylation sites is 1. The molecular formula is C12H16O. The Bertz CT molecular complexity index is 306. The molecule has 0 aromatic heterocycles. The van der Waals surface area contributed by atoms with Crippen LogP contribution in [0.5, 0.6) is 5.75 Å². The number of benzene rings is 1. The lowest BCUT2D eigenvalue weighted by Crippen LogP contribution is -2.28. The van der Waals surface area contributed by atoms with Crippen LogP contribution >= 0.6 is 0 Å². The van der Waals surface area contributed by atoms with Gasteiger partial charge in [0.1, 0.15) is 5.75 Å². The van der Waals surface area contributed by atoms with Gasteiger partial charge < -0.3 is 4.74 Å². The molecule has 1 aromatic rings. The summed E-state index contributed by atoms with van der Waals surface area (Å²) in [4.78, 5) is 0. The van der Waals surface area contributed by atoms with Crippen molar-refractivity contribution in [2.75, 3.05) is 6.61 Å². The maximum absolute atomic E-state index is 5.62. The zero-order valence-corrected chi connectivity index (χ0v) is 8.34. The van der Waals surface area contributed by atoms with Crippen LogP contribution in [0.1, 0.15) is 32.3 Å². The molecule has 70 valence electrons. The first-order valence-electron chi connectivity index (χ1n) is 4.98. The summed E-state index contributed by atoms with van der Waals surface area (Å²) in [6.07, 6.45) is 2.33. The van der Waals surface area contributed by atoms with Gasteiger partial charge >= 0.3 is 0 Å². The van der Waals surface area contributed by atoms with Gasteiger partial charge in [0.2, 0.25) is 0 Å². The Kier molecular flexibility index (Phi) is 2.03. The van der Waals surface area contributed by atoms with E-state index in [1.807, 2.05) is 6.07 Å². The predicted octanol–water partition coefficient (Wildman–Crippen LogP) is 3.14. The molecule has 2 rings (SSSR count). The van der Waals surface area contributed by atoms with E-state index in [0.29, 0.717) is 5.41 Å². The van der Waals surface area contributed by atoms with E-state index in [9.17, 15) is 0 Å². The Morgan fingerprint density at radius 2 is 2.15 bits per heavy atom. The van der Waals surface area contributed by atoms with Crippen LogP contribution < -0.4 is 4.74 Å². The third-order valence-corrected chi connectivity index (χ3v) is 3.23.